The predicted molar refractivity (Wildman–Crippen MR) is 111 cm³/mol. The maximum atomic E-state index is 15.3. The fourth-order valence-corrected chi connectivity index (χ4v) is 4.60. The van der Waals surface area contributed by atoms with Gasteiger partial charge in [-0.3, -0.25) is 0 Å². The molecule has 1 atom stereocenters. The number of nitrogens with zero attached hydrogens (tertiary/aromatic N) is 2. The van der Waals surface area contributed by atoms with Crippen LogP contribution in [0.3, 0.4) is 0 Å². The maximum absolute atomic E-state index is 15.3. The van der Waals surface area contributed by atoms with E-state index in [0.717, 1.165) is 32.4 Å². The molecule has 0 unspecified atom stereocenters. The molecule has 1 saturated heterocycles. The molecule has 2 fully saturated rings. The summed E-state index contributed by atoms with van der Waals surface area (Å²) < 4.78 is 28.1. The number of carbonyl (C=O) groups is 1. The third kappa shape index (κ3) is 3.23. The Hall–Kier alpha value is -2.35. The summed E-state index contributed by atoms with van der Waals surface area (Å²) >= 11 is 5.59. The lowest BCUT2D eigenvalue weighted by Gasteiger charge is -2.25. The topological polar surface area (TPSA) is 63.9 Å². The number of methoxy groups -OCH3 is 1. The quantitative estimate of drug-likeness (QED) is 0.564. The Bertz CT molecular complexity index is 1050. The van der Waals surface area contributed by atoms with Gasteiger partial charge >= 0.3 is 5.97 Å². The summed E-state index contributed by atoms with van der Waals surface area (Å²) in [6, 6.07) is 1.37. The van der Waals surface area contributed by atoms with E-state index in [9.17, 15) is 9.90 Å². The lowest BCUT2D eigenvalue weighted by Crippen LogP contribution is -2.22. The fraction of sp³-hybridized carbons (Fsp3) is 0.524. The van der Waals surface area contributed by atoms with Gasteiger partial charge in [0.1, 0.15) is 21.6 Å². The van der Waals surface area contributed by atoms with Gasteiger partial charge in [0.05, 0.1) is 19.2 Å². The largest absolute Gasteiger partial charge is 0.506 e. The van der Waals surface area contributed by atoms with Gasteiger partial charge in [0.25, 0.3) is 0 Å². The highest BCUT2D eigenvalue weighted by atomic mass is 32.1. The highest BCUT2D eigenvalue weighted by Crippen LogP contribution is 2.48. The Morgan fingerprint density at radius 1 is 1.38 bits per heavy atom. The van der Waals surface area contributed by atoms with Crippen LogP contribution in [0.5, 0.6) is 11.5 Å². The lowest BCUT2D eigenvalue weighted by atomic mass is 10.1. The molecule has 29 heavy (non-hydrogen) atoms. The number of anilines is 1. The summed E-state index contributed by atoms with van der Waals surface area (Å²) in [6.07, 6.45) is 2.77. The highest BCUT2D eigenvalue weighted by molar-refractivity contribution is 7.71. The van der Waals surface area contributed by atoms with E-state index in [1.807, 2.05) is 9.47 Å². The molecule has 1 aromatic heterocycles. The molecular formula is C21H25FN2O4S. The minimum atomic E-state index is -0.705. The summed E-state index contributed by atoms with van der Waals surface area (Å²) in [6.45, 7) is 5.43. The van der Waals surface area contributed by atoms with Crippen LogP contribution in [0.15, 0.2) is 6.07 Å². The molecule has 1 aromatic carbocycles. The van der Waals surface area contributed by atoms with Crippen molar-refractivity contribution in [3.8, 4) is 11.5 Å². The fourth-order valence-electron chi connectivity index (χ4n) is 4.18. The Morgan fingerprint density at radius 2 is 2.10 bits per heavy atom. The zero-order valence-corrected chi connectivity index (χ0v) is 17.6. The molecule has 0 bridgehead atoms. The Balaban J connectivity index is 2.06. The molecule has 1 aliphatic heterocycles. The first kappa shape index (κ1) is 19.9. The van der Waals surface area contributed by atoms with Crippen molar-refractivity contribution in [1.29, 1.82) is 0 Å². The van der Waals surface area contributed by atoms with Crippen LogP contribution in [0.4, 0.5) is 10.1 Å². The van der Waals surface area contributed by atoms with Crippen LogP contribution in [0.2, 0.25) is 0 Å². The van der Waals surface area contributed by atoms with Crippen LogP contribution in [0, 0.1) is 16.4 Å². The van der Waals surface area contributed by atoms with E-state index in [0.29, 0.717) is 22.9 Å². The minimum absolute atomic E-state index is 0.0866. The summed E-state index contributed by atoms with van der Waals surface area (Å²) in [4.78, 5) is 14.5. The Kier molecular flexibility index (Phi) is 5.14. The molecule has 156 valence electrons. The number of aromatic hydroxyl groups is 1. The predicted octanol–water partition coefficient (Wildman–Crippen LogP) is 4.58. The molecule has 2 heterocycles. The Morgan fingerprint density at radius 3 is 2.66 bits per heavy atom. The van der Waals surface area contributed by atoms with Crippen molar-refractivity contribution in [1.82, 2.24) is 4.57 Å². The van der Waals surface area contributed by atoms with Gasteiger partial charge in [0.15, 0.2) is 11.6 Å². The molecule has 2 aliphatic rings. The summed E-state index contributed by atoms with van der Waals surface area (Å²) in [5, 5.41) is 11.1. The molecule has 6 nitrogen and oxygen atoms in total. The minimum Gasteiger partial charge on any atom is -0.506 e. The monoisotopic (exact) mass is 420 g/mol. The van der Waals surface area contributed by atoms with E-state index in [4.69, 9.17) is 21.7 Å². The van der Waals surface area contributed by atoms with Gasteiger partial charge in [-0.1, -0.05) is 19.1 Å². The van der Waals surface area contributed by atoms with Crippen molar-refractivity contribution in [2.45, 2.75) is 39.2 Å². The van der Waals surface area contributed by atoms with Crippen LogP contribution in [-0.2, 0) is 4.74 Å². The molecule has 0 amide bonds. The molecule has 0 radical (unpaired) electrons. The molecule has 8 heteroatoms. The zero-order chi connectivity index (χ0) is 20.9. The van der Waals surface area contributed by atoms with Crippen LogP contribution in [0.1, 0.15) is 49.5 Å². The van der Waals surface area contributed by atoms with Crippen LogP contribution < -0.4 is 9.64 Å². The van der Waals surface area contributed by atoms with Crippen molar-refractivity contribution < 1.29 is 23.8 Å². The number of pyridine rings is 1. The van der Waals surface area contributed by atoms with Crippen molar-refractivity contribution in [2.75, 3.05) is 31.7 Å². The number of hydrogen-bond donors (Lipinski definition) is 1. The Labute approximate surface area is 173 Å². The third-order valence-corrected chi connectivity index (χ3v) is 6.08. The van der Waals surface area contributed by atoms with E-state index in [-0.39, 0.29) is 34.0 Å². The average molecular weight is 421 g/mol. The zero-order valence-electron chi connectivity index (χ0n) is 16.8. The van der Waals surface area contributed by atoms with E-state index in [1.54, 1.807) is 6.92 Å². The van der Waals surface area contributed by atoms with Crippen molar-refractivity contribution in [3.05, 3.63) is 22.1 Å². The SMILES string of the molecule is CCOC(=O)c1c(O)c2cc(F)c(N3CC[C@H](C)C3)c(OC)c2n(C2CC2)c1=S. The molecule has 1 N–H and O–H groups in total. The number of esters is 1. The number of hydrogen-bond acceptors (Lipinski definition) is 6. The van der Waals surface area contributed by atoms with Gasteiger partial charge in [-0.2, -0.15) is 0 Å². The van der Waals surface area contributed by atoms with Crippen molar-refractivity contribution in [2.24, 2.45) is 5.92 Å². The van der Waals surface area contributed by atoms with E-state index in [2.05, 4.69) is 6.92 Å². The lowest BCUT2D eigenvalue weighted by molar-refractivity contribution is 0.0521. The molecule has 1 saturated carbocycles. The van der Waals surface area contributed by atoms with E-state index < -0.39 is 11.8 Å². The first-order valence-corrected chi connectivity index (χ1v) is 10.4. The summed E-state index contributed by atoms with van der Waals surface area (Å²) in [7, 11) is 1.49. The van der Waals surface area contributed by atoms with Gasteiger partial charge in [-0.05, 0) is 38.2 Å². The molecule has 0 spiro atoms. The highest BCUT2D eigenvalue weighted by Gasteiger charge is 2.34. The van der Waals surface area contributed by atoms with Crippen LogP contribution in [0.25, 0.3) is 10.9 Å². The second-order valence-corrected chi connectivity index (χ2v) is 8.21. The summed E-state index contributed by atoms with van der Waals surface area (Å²) in [5.41, 5.74) is 0.822. The first-order valence-electron chi connectivity index (χ1n) is 9.98. The van der Waals surface area contributed by atoms with E-state index >= 15 is 4.39 Å². The van der Waals surface area contributed by atoms with Crippen molar-refractivity contribution >= 4 is 34.8 Å². The first-order chi connectivity index (χ1) is 13.9. The van der Waals surface area contributed by atoms with Crippen LogP contribution >= 0.6 is 12.2 Å². The van der Waals surface area contributed by atoms with Gasteiger partial charge in [0.2, 0.25) is 0 Å². The standard InChI is InChI=1S/C21H25FN2O4S/c1-4-28-21(26)15-18(25)13-9-14(22)17(23-8-7-11(2)10-23)19(27-3)16(13)24(20(15)29)12-5-6-12/h9,11-12,25H,4-8,10H2,1-3H3/t11-/m0/s1. The normalized spacial score (nSPS) is 19.0. The summed E-state index contributed by atoms with van der Waals surface area (Å²) in [5.74, 6) is -0.757. The maximum Gasteiger partial charge on any atom is 0.344 e. The number of halogens is 1. The second kappa shape index (κ2) is 7.48. The smallest absolute Gasteiger partial charge is 0.344 e. The van der Waals surface area contributed by atoms with Gasteiger partial charge < -0.3 is 24.0 Å². The molecule has 1 aliphatic carbocycles. The molecule has 2 aromatic rings. The van der Waals surface area contributed by atoms with Crippen molar-refractivity contribution in [3.63, 3.8) is 0 Å². The average Bonchev–Trinajstić information content (AvgIpc) is 3.42. The van der Waals surface area contributed by atoms with E-state index in [1.165, 1.54) is 13.2 Å². The third-order valence-electron chi connectivity index (χ3n) is 5.68. The molecular weight excluding hydrogens is 395 g/mol. The van der Waals surface area contributed by atoms with Gasteiger partial charge in [-0.25, -0.2) is 9.18 Å². The number of carbonyl (C=O) groups excluding carboxylic acids is 1. The number of benzene rings is 1. The molecule has 4 rings (SSSR count). The van der Waals surface area contributed by atoms with Gasteiger partial charge in [-0.15, -0.1) is 0 Å². The number of rotatable bonds is 5. The van der Waals surface area contributed by atoms with Crippen LogP contribution in [-0.4, -0.2) is 42.4 Å². The van der Waals surface area contributed by atoms with Gasteiger partial charge in [0, 0.05) is 24.5 Å². The number of ether oxygens (including phenoxy) is 2. The number of fused-ring (bicyclic) bond motifs is 1. The number of aromatic nitrogens is 1. The second-order valence-electron chi connectivity index (χ2n) is 7.83.